The van der Waals surface area contributed by atoms with E-state index in [9.17, 15) is 0 Å². The highest BCUT2D eigenvalue weighted by Crippen LogP contribution is 2.29. The molecule has 2 nitrogen and oxygen atoms in total. The van der Waals surface area contributed by atoms with Gasteiger partial charge in [0.2, 0.25) is 0 Å². The Morgan fingerprint density at radius 2 is 2.00 bits per heavy atom. The second-order valence-electron chi connectivity index (χ2n) is 5.20. The summed E-state index contributed by atoms with van der Waals surface area (Å²) in [6.45, 7) is 2.12. The number of rotatable bonds is 2. The molecular weight excluding hydrogens is 232 g/mol. The third kappa shape index (κ3) is 1.80. The second-order valence-corrected chi connectivity index (χ2v) is 5.20. The minimum atomic E-state index is 0.992. The third-order valence-electron chi connectivity index (χ3n) is 3.98. The Kier molecular flexibility index (Phi) is 2.34. The summed E-state index contributed by atoms with van der Waals surface area (Å²) in [4.78, 5) is 5.76. The zero-order valence-corrected chi connectivity index (χ0v) is 10.8. The van der Waals surface area contributed by atoms with Crippen LogP contribution in [-0.2, 0) is 13.0 Å². The third-order valence-corrected chi connectivity index (χ3v) is 3.98. The number of nitrogens with zero attached hydrogens (tertiary/aromatic N) is 1. The number of aromatic amines is 1. The molecule has 1 aliphatic heterocycles. The standard InChI is InChI=1S/C17H16N2/c1-2-4-17-15(3-1)8-10-19(17)12-13-5-6-14-7-9-18-16(14)11-13/h1-7,9,11,18H,8,10,12H2. The molecule has 3 aromatic rings. The van der Waals surface area contributed by atoms with E-state index >= 15 is 0 Å². The van der Waals surface area contributed by atoms with Crippen LogP contribution in [0.4, 0.5) is 5.69 Å². The summed E-state index contributed by atoms with van der Waals surface area (Å²) in [7, 11) is 0. The minimum absolute atomic E-state index is 0.992. The molecule has 0 bridgehead atoms. The molecule has 0 spiro atoms. The second kappa shape index (κ2) is 4.16. The number of anilines is 1. The highest BCUT2D eigenvalue weighted by atomic mass is 15.1. The number of aromatic nitrogens is 1. The Balaban J connectivity index is 1.65. The lowest BCUT2D eigenvalue weighted by molar-refractivity contribution is 0.837. The Hall–Kier alpha value is -2.22. The van der Waals surface area contributed by atoms with Crippen molar-refractivity contribution in [2.45, 2.75) is 13.0 Å². The SMILES string of the molecule is c1ccc2c(c1)CCN2Cc1ccc2cc[nH]c2c1. The lowest BCUT2D eigenvalue weighted by Gasteiger charge is -2.19. The van der Waals surface area contributed by atoms with Crippen molar-refractivity contribution in [1.29, 1.82) is 0 Å². The van der Waals surface area contributed by atoms with Crippen LogP contribution in [0.25, 0.3) is 10.9 Å². The molecule has 0 saturated heterocycles. The predicted octanol–water partition coefficient (Wildman–Crippen LogP) is 3.73. The summed E-state index contributed by atoms with van der Waals surface area (Å²) in [5.41, 5.74) is 5.47. The van der Waals surface area contributed by atoms with Crippen molar-refractivity contribution in [2.24, 2.45) is 0 Å². The van der Waals surface area contributed by atoms with E-state index in [2.05, 4.69) is 58.4 Å². The minimum Gasteiger partial charge on any atom is -0.367 e. The largest absolute Gasteiger partial charge is 0.367 e. The van der Waals surface area contributed by atoms with Crippen molar-refractivity contribution in [2.75, 3.05) is 11.4 Å². The molecule has 0 fully saturated rings. The molecule has 0 unspecified atom stereocenters. The van der Waals surface area contributed by atoms with Crippen molar-refractivity contribution in [3.8, 4) is 0 Å². The summed E-state index contributed by atoms with van der Waals surface area (Å²) in [6.07, 6.45) is 3.17. The molecule has 2 heteroatoms. The van der Waals surface area contributed by atoms with E-state index in [4.69, 9.17) is 0 Å². The van der Waals surface area contributed by atoms with Gasteiger partial charge in [0.25, 0.3) is 0 Å². The molecule has 4 rings (SSSR count). The van der Waals surface area contributed by atoms with E-state index in [0.29, 0.717) is 0 Å². The van der Waals surface area contributed by atoms with Crippen LogP contribution in [0.5, 0.6) is 0 Å². The van der Waals surface area contributed by atoms with Crippen LogP contribution in [0.1, 0.15) is 11.1 Å². The lowest BCUT2D eigenvalue weighted by Crippen LogP contribution is -2.19. The summed E-state index contributed by atoms with van der Waals surface area (Å²) >= 11 is 0. The van der Waals surface area contributed by atoms with Crippen LogP contribution in [-0.4, -0.2) is 11.5 Å². The summed E-state index contributed by atoms with van der Waals surface area (Å²) in [5, 5.41) is 1.28. The molecule has 0 aliphatic carbocycles. The molecule has 1 aromatic heterocycles. The monoisotopic (exact) mass is 248 g/mol. The van der Waals surface area contributed by atoms with Crippen LogP contribution in [0.3, 0.4) is 0 Å². The smallest absolute Gasteiger partial charge is 0.0457 e. The predicted molar refractivity (Wildman–Crippen MR) is 79.5 cm³/mol. The molecule has 0 radical (unpaired) electrons. The number of hydrogen-bond acceptors (Lipinski definition) is 1. The molecule has 1 aliphatic rings. The maximum Gasteiger partial charge on any atom is 0.0457 e. The summed E-state index contributed by atoms with van der Waals surface area (Å²) in [6, 6.07) is 17.5. The van der Waals surface area contributed by atoms with Crippen LogP contribution in [0.15, 0.2) is 54.7 Å². The van der Waals surface area contributed by atoms with Gasteiger partial charge in [0.05, 0.1) is 0 Å². The van der Waals surface area contributed by atoms with Gasteiger partial charge in [0.15, 0.2) is 0 Å². The molecule has 0 amide bonds. The van der Waals surface area contributed by atoms with Crippen LogP contribution >= 0.6 is 0 Å². The van der Waals surface area contributed by atoms with Crippen molar-refractivity contribution < 1.29 is 0 Å². The Morgan fingerprint density at radius 3 is 3.00 bits per heavy atom. The Labute approximate surface area is 112 Å². The fourth-order valence-electron chi connectivity index (χ4n) is 2.98. The van der Waals surface area contributed by atoms with Gasteiger partial charge >= 0.3 is 0 Å². The van der Waals surface area contributed by atoms with E-state index in [1.54, 1.807) is 0 Å². The zero-order valence-electron chi connectivity index (χ0n) is 10.8. The Morgan fingerprint density at radius 1 is 1.05 bits per heavy atom. The van der Waals surface area contributed by atoms with Gasteiger partial charge in [-0.3, -0.25) is 0 Å². The van der Waals surface area contributed by atoms with Gasteiger partial charge in [-0.15, -0.1) is 0 Å². The maximum absolute atomic E-state index is 3.29. The number of H-pyrrole nitrogens is 1. The van der Waals surface area contributed by atoms with E-state index in [-0.39, 0.29) is 0 Å². The van der Waals surface area contributed by atoms with E-state index in [0.717, 1.165) is 13.1 Å². The molecule has 0 atom stereocenters. The van der Waals surface area contributed by atoms with Crippen LogP contribution in [0.2, 0.25) is 0 Å². The number of para-hydroxylation sites is 1. The first kappa shape index (κ1) is 10.7. The number of hydrogen-bond donors (Lipinski definition) is 1. The maximum atomic E-state index is 3.29. The van der Waals surface area contributed by atoms with E-state index in [1.807, 2.05) is 6.20 Å². The van der Waals surface area contributed by atoms with Crippen molar-refractivity contribution >= 4 is 16.6 Å². The molecule has 2 heterocycles. The highest BCUT2D eigenvalue weighted by Gasteiger charge is 2.18. The molecule has 94 valence electrons. The zero-order chi connectivity index (χ0) is 12.7. The van der Waals surface area contributed by atoms with Gasteiger partial charge in [-0.2, -0.15) is 0 Å². The first-order chi connectivity index (χ1) is 9.40. The quantitative estimate of drug-likeness (QED) is 0.732. The first-order valence-electron chi connectivity index (χ1n) is 6.79. The average molecular weight is 248 g/mol. The summed E-state index contributed by atoms with van der Waals surface area (Å²) < 4.78 is 0. The number of fused-ring (bicyclic) bond motifs is 2. The van der Waals surface area contributed by atoms with Crippen molar-refractivity contribution in [3.63, 3.8) is 0 Å². The van der Waals surface area contributed by atoms with Gasteiger partial charge in [0.1, 0.15) is 0 Å². The first-order valence-corrected chi connectivity index (χ1v) is 6.79. The van der Waals surface area contributed by atoms with E-state index < -0.39 is 0 Å². The Bertz CT molecular complexity index is 727. The van der Waals surface area contributed by atoms with Gasteiger partial charge in [-0.1, -0.05) is 30.3 Å². The molecule has 19 heavy (non-hydrogen) atoms. The fourth-order valence-corrected chi connectivity index (χ4v) is 2.98. The normalized spacial score (nSPS) is 14.0. The molecule has 1 N–H and O–H groups in total. The van der Waals surface area contributed by atoms with Crippen LogP contribution in [0, 0.1) is 0 Å². The van der Waals surface area contributed by atoms with Gasteiger partial charge in [-0.05, 0) is 41.1 Å². The number of benzene rings is 2. The highest BCUT2D eigenvalue weighted by molar-refractivity contribution is 5.80. The van der Waals surface area contributed by atoms with Gasteiger partial charge in [-0.25, -0.2) is 0 Å². The number of nitrogens with one attached hydrogen (secondary N) is 1. The van der Waals surface area contributed by atoms with Crippen LogP contribution < -0.4 is 4.90 Å². The van der Waals surface area contributed by atoms with E-state index in [1.165, 1.54) is 34.1 Å². The topological polar surface area (TPSA) is 19.0 Å². The molecular formula is C17H16N2. The van der Waals surface area contributed by atoms with Crippen molar-refractivity contribution in [1.82, 2.24) is 4.98 Å². The van der Waals surface area contributed by atoms with Crippen molar-refractivity contribution in [3.05, 3.63) is 65.9 Å². The summed E-state index contributed by atoms with van der Waals surface area (Å²) in [5.74, 6) is 0. The van der Waals surface area contributed by atoms with Gasteiger partial charge < -0.3 is 9.88 Å². The molecule has 0 saturated carbocycles. The average Bonchev–Trinajstić information content (AvgIpc) is 3.06. The fraction of sp³-hybridized carbons (Fsp3) is 0.176. The van der Waals surface area contributed by atoms with Gasteiger partial charge in [0, 0.05) is 30.5 Å². The lowest BCUT2D eigenvalue weighted by atomic mass is 10.1. The molecule has 2 aromatic carbocycles.